The van der Waals surface area contributed by atoms with Crippen molar-refractivity contribution in [2.45, 2.75) is 6.92 Å². The number of aromatic nitrogens is 2. The Kier molecular flexibility index (Phi) is 4.62. The average Bonchev–Trinajstić information content (AvgIpc) is 2.18. The van der Waals surface area contributed by atoms with E-state index in [0.29, 0.717) is 6.61 Å². The number of ether oxygens (including phenoxy) is 1. The predicted molar refractivity (Wildman–Crippen MR) is 56.8 cm³/mol. The maximum Gasteiger partial charge on any atom is 0.224 e. The SMILES string of the molecule is CCOCCN(C)c1ccnc(Cl)n1. The molecular weight excluding hydrogens is 202 g/mol. The van der Waals surface area contributed by atoms with Crippen molar-refractivity contribution in [1.82, 2.24) is 9.97 Å². The van der Waals surface area contributed by atoms with Gasteiger partial charge in [-0.05, 0) is 24.6 Å². The highest BCUT2D eigenvalue weighted by molar-refractivity contribution is 6.28. The molecule has 0 unspecified atom stereocenters. The van der Waals surface area contributed by atoms with Gasteiger partial charge in [-0.25, -0.2) is 9.97 Å². The molecule has 0 aliphatic carbocycles. The molecule has 14 heavy (non-hydrogen) atoms. The van der Waals surface area contributed by atoms with Crippen LogP contribution in [0.2, 0.25) is 5.28 Å². The summed E-state index contributed by atoms with van der Waals surface area (Å²) < 4.78 is 5.24. The molecule has 0 aliphatic rings. The molecule has 0 fully saturated rings. The first kappa shape index (κ1) is 11.2. The second-order valence-corrected chi connectivity index (χ2v) is 3.14. The van der Waals surface area contributed by atoms with Crippen LogP contribution in [0, 0.1) is 0 Å². The third-order valence-corrected chi connectivity index (χ3v) is 1.96. The van der Waals surface area contributed by atoms with Gasteiger partial charge in [0.25, 0.3) is 0 Å². The lowest BCUT2D eigenvalue weighted by atomic mass is 10.5. The van der Waals surface area contributed by atoms with Crippen LogP contribution in [-0.2, 0) is 4.74 Å². The minimum absolute atomic E-state index is 0.269. The summed E-state index contributed by atoms with van der Waals surface area (Å²) in [6.45, 7) is 4.19. The van der Waals surface area contributed by atoms with Crippen molar-refractivity contribution in [3.05, 3.63) is 17.5 Å². The van der Waals surface area contributed by atoms with Gasteiger partial charge in [0.1, 0.15) is 5.82 Å². The molecule has 78 valence electrons. The first-order valence-electron chi connectivity index (χ1n) is 4.51. The molecule has 0 saturated carbocycles. The molecule has 1 aromatic heterocycles. The van der Waals surface area contributed by atoms with Crippen molar-refractivity contribution >= 4 is 17.4 Å². The van der Waals surface area contributed by atoms with Crippen molar-refractivity contribution in [2.24, 2.45) is 0 Å². The molecule has 0 spiro atoms. The Balaban J connectivity index is 2.47. The largest absolute Gasteiger partial charge is 0.380 e. The molecule has 0 amide bonds. The van der Waals surface area contributed by atoms with E-state index in [2.05, 4.69) is 9.97 Å². The molecule has 4 nitrogen and oxygen atoms in total. The fourth-order valence-corrected chi connectivity index (χ4v) is 1.14. The molecule has 0 N–H and O–H groups in total. The predicted octanol–water partition coefficient (Wildman–Crippen LogP) is 1.60. The topological polar surface area (TPSA) is 38.2 Å². The summed E-state index contributed by atoms with van der Waals surface area (Å²) in [5, 5.41) is 0.269. The van der Waals surface area contributed by atoms with Crippen molar-refractivity contribution < 1.29 is 4.74 Å². The monoisotopic (exact) mass is 215 g/mol. The molecule has 0 saturated heterocycles. The van der Waals surface area contributed by atoms with Crippen LogP contribution in [0.5, 0.6) is 0 Å². The van der Waals surface area contributed by atoms with Gasteiger partial charge in [0.05, 0.1) is 6.61 Å². The minimum atomic E-state index is 0.269. The van der Waals surface area contributed by atoms with Crippen LogP contribution in [0.15, 0.2) is 12.3 Å². The molecule has 0 aromatic carbocycles. The number of hydrogen-bond donors (Lipinski definition) is 0. The third kappa shape index (κ3) is 3.47. The number of nitrogens with zero attached hydrogens (tertiary/aromatic N) is 3. The number of hydrogen-bond acceptors (Lipinski definition) is 4. The zero-order chi connectivity index (χ0) is 10.4. The van der Waals surface area contributed by atoms with Crippen molar-refractivity contribution in [1.29, 1.82) is 0 Å². The highest BCUT2D eigenvalue weighted by Gasteiger charge is 2.02. The highest BCUT2D eigenvalue weighted by Crippen LogP contribution is 2.09. The summed E-state index contributed by atoms with van der Waals surface area (Å²) in [4.78, 5) is 9.87. The molecule has 0 aliphatic heterocycles. The Morgan fingerprint density at radius 2 is 2.36 bits per heavy atom. The molecule has 1 aromatic rings. The van der Waals surface area contributed by atoms with E-state index < -0.39 is 0 Å². The van der Waals surface area contributed by atoms with E-state index in [1.807, 2.05) is 24.9 Å². The van der Waals surface area contributed by atoms with E-state index >= 15 is 0 Å². The van der Waals surface area contributed by atoms with Crippen LogP contribution in [0.3, 0.4) is 0 Å². The van der Waals surface area contributed by atoms with Gasteiger partial charge < -0.3 is 9.64 Å². The number of halogens is 1. The van der Waals surface area contributed by atoms with Crippen LogP contribution in [0.1, 0.15) is 6.92 Å². The van der Waals surface area contributed by atoms with E-state index in [4.69, 9.17) is 16.3 Å². The molecule has 5 heteroatoms. The van der Waals surface area contributed by atoms with Gasteiger partial charge >= 0.3 is 0 Å². The summed E-state index contributed by atoms with van der Waals surface area (Å²) in [5.41, 5.74) is 0. The van der Waals surface area contributed by atoms with Gasteiger partial charge in [0.2, 0.25) is 5.28 Å². The van der Waals surface area contributed by atoms with Crippen LogP contribution in [0.4, 0.5) is 5.82 Å². The van der Waals surface area contributed by atoms with Crippen molar-refractivity contribution in [3.8, 4) is 0 Å². The first-order valence-corrected chi connectivity index (χ1v) is 4.89. The highest BCUT2D eigenvalue weighted by atomic mass is 35.5. The zero-order valence-corrected chi connectivity index (χ0v) is 9.16. The van der Waals surface area contributed by atoms with E-state index in [1.165, 1.54) is 0 Å². The quantitative estimate of drug-likeness (QED) is 0.553. The number of likely N-dealkylation sites (N-methyl/N-ethyl adjacent to an activating group) is 1. The summed E-state index contributed by atoms with van der Waals surface area (Å²) in [6.07, 6.45) is 1.64. The van der Waals surface area contributed by atoms with Crippen LogP contribution in [-0.4, -0.2) is 36.8 Å². The smallest absolute Gasteiger partial charge is 0.224 e. The summed E-state index contributed by atoms with van der Waals surface area (Å²) >= 11 is 5.67. The molecule has 1 heterocycles. The van der Waals surface area contributed by atoms with Gasteiger partial charge in [0.15, 0.2) is 0 Å². The van der Waals surface area contributed by atoms with Crippen LogP contribution < -0.4 is 4.90 Å². The van der Waals surface area contributed by atoms with Crippen LogP contribution in [0.25, 0.3) is 0 Å². The number of anilines is 1. The normalized spacial score (nSPS) is 10.2. The van der Waals surface area contributed by atoms with E-state index in [0.717, 1.165) is 19.0 Å². The molecule has 0 bridgehead atoms. The maximum atomic E-state index is 5.67. The second kappa shape index (κ2) is 5.78. The Labute approximate surface area is 88.9 Å². The average molecular weight is 216 g/mol. The summed E-state index contributed by atoms with van der Waals surface area (Å²) in [5.74, 6) is 0.810. The Morgan fingerprint density at radius 3 is 3.00 bits per heavy atom. The standard InChI is InChI=1S/C9H14ClN3O/c1-3-14-7-6-13(2)8-4-5-11-9(10)12-8/h4-5H,3,6-7H2,1-2H3. The molecule has 1 rings (SSSR count). The zero-order valence-electron chi connectivity index (χ0n) is 8.40. The van der Waals surface area contributed by atoms with E-state index in [1.54, 1.807) is 6.20 Å². The van der Waals surface area contributed by atoms with Crippen molar-refractivity contribution in [3.63, 3.8) is 0 Å². The van der Waals surface area contributed by atoms with Gasteiger partial charge in [-0.2, -0.15) is 0 Å². The van der Waals surface area contributed by atoms with Gasteiger partial charge in [-0.3, -0.25) is 0 Å². The van der Waals surface area contributed by atoms with Gasteiger partial charge in [-0.1, -0.05) is 0 Å². The molecule has 0 atom stereocenters. The lowest BCUT2D eigenvalue weighted by molar-refractivity contribution is 0.154. The maximum absolute atomic E-state index is 5.67. The van der Waals surface area contributed by atoms with Crippen molar-refractivity contribution in [2.75, 3.05) is 31.7 Å². The second-order valence-electron chi connectivity index (χ2n) is 2.80. The van der Waals surface area contributed by atoms with Gasteiger partial charge in [-0.15, -0.1) is 0 Å². The molecule has 0 radical (unpaired) electrons. The van der Waals surface area contributed by atoms with Crippen LogP contribution >= 0.6 is 11.6 Å². The lowest BCUT2D eigenvalue weighted by Crippen LogP contribution is -2.23. The van der Waals surface area contributed by atoms with E-state index in [9.17, 15) is 0 Å². The Hall–Kier alpha value is -0.870. The first-order chi connectivity index (χ1) is 6.74. The summed E-state index contributed by atoms with van der Waals surface area (Å²) in [6, 6.07) is 1.82. The minimum Gasteiger partial charge on any atom is -0.380 e. The fourth-order valence-electron chi connectivity index (χ4n) is 0.999. The van der Waals surface area contributed by atoms with Gasteiger partial charge in [0, 0.05) is 26.4 Å². The summed E-state index contributed by atoms with van der Waals surface area (Å²) in [7, 11) is 1.94. The Morgan fingerprint density at radius 1 is 1.57 bits per heavy atom. The number of rotatable bonds is 5. The third-order valence-electron chi connectivity index (χ3n) is 1.78. The van der Waals surface area contributed by atoms with E-state index in [-0.39, 0.29) is 5.28 Å². The lowest BCUT2D eigenvalue weighted by Gasteiger charge is -2.17. The molecular formula is C9H14ClN3O. The fraction of sp³-hybridized carbons (Fsp3) is 0.556. The Bertz CT molecular complexity index is 283.